The maximum Gasteiger partial charge on any atom is 0.261 e. The number of carbonyl (C=O) groups excluding carboxylic acids is 2. The third-order valence-corrected chi connectivity index (χ3v) is 4.79. The fourth-order valence-corrected chi connectivity index (χ4v) is 2.87. The van der Waals surface area contributed by atoms with Crippen molar-refractivity contribution in [1.82, 2.24) is 10.2 Å². The molecule has 156 valence electrons. The van der Waals surface area contributed by atoms with Gasteiger partial charge in [-0.25, -0.2) is 4.39 Å². The second-order valence-electron chi connectivity index (χ2n) is 6.99. The highest BCUT2D eigenvalue weighted by atomic mass is 19.1. The van der Waals surface area contributed by atoms with Gasteiger partial charge in [0.2, 0.25) is 5.91 Å². The Kier molecular flexibility index (Phi) is 8.65. The third kappa shape index (κ3) is 6.59. The summed E-state index contributed by atoms with van der Waals surface area (Å²) in [5.74, 6) is -1.12. The van der Waals surface area contributed by atoms with E-state index in [4.69, 9.17) is 4.74 Å². The van der Waals surface area contributed by atoms with Crippen molar-refractivity contribution in [2.75, 3.05) is 13.2 Å². The van der Waals surface area contributed by atoms with Crippen LogP contribution in [0.5, 0.6) is 5.75 Å². The van der Waals surface area contributed by atoms with Gasteiger partial charge in [-0.1, -0.05) is 49.7 Å². The summed E-state index contributed by atoms with van der Waals surface area (Å²) >= 11 is 0. The van der Waals surface area contributed by atoms with Crippen molar-refractivity contribution in [1.29, 1.82) is 0 Å². The van der Waals surface area contributed by atoms with Crippen molar-refractivity contribution in [3.63, 3.8) is 0 Å². The van der Waals surface area contributed by atoms with E-state index < -0.39 is 11.9 Å². The molecule has 0 aromatic heterocycles. The van der Waals surface area contributed by atoms with E-state index in [1.165, 1.54) is 17.0 Å². The number of benzene rings is 2. The quantitative estimate of drug-likeness (QED) is 0.617. The number of para-hydroxylation sites is 1. The second kappa shape index (κ2) is 11.2. The Morgan fingerprint density at radius 3 is 2.52 bits per heavy atom. The number of carbonyl (C=O) groups is 2. The number of unbranched alkanes of at least 4 members (excludes halogenated alkanes) is 1. The molecule has 1 atom stereocenters. The molecule has 0 radical (unpaired) electrons. The van der Waals surface area contributed by atoms with E-state index in [0.717, 1.165) is 24.0 Å². The largest absolute Gasteiger partial charge is 0.481 e. The van der Waals surface area contributed by atoms with Crippen LogP contribution in [-0.2, 0) is 16.1 Å². The Bertz CT molecular complexity index is 825. The predicted octanol–water partition coefficient (Wildman–Crippen LogP) is 3.85. The van der Waals surface area contributed by atoms with Crippen LogP contribution in [-0.4, -0.2) is 35.9 Å². The zero-order valence-electron chi connectivity index (χ0n) is 17.3. The summed E-state index contributed by atoms with van der Waals surface area (Å²) in [6, 6.07) is 13.0. The first kappa shape index (κ1) is 22.4. The van der Waals surface area contributed by atoms with Crippen LogP contribution < -0.4 is 10.1 Å². The van der Waals surface area contributed by atoms with E-state index in [1.807, 2.05) is 38.1 Å². The predicted molar refractivity (Wildman–Crippen MR) is 111 cm³/mol. The van der Waals surface area contributed by atoms with E-state index in [-0.39, 0.29) is 30.7 Å². The zero-order chi connectivity index (χ0) is 21.2. The lowest BCUT2D eigenvalue weighted by Crippen LogP contribution is -2.49. The molecule has 2 aromatic carbocycles. The van der Waals surface area contributed by atoms with E-state index >= 15 is 0 Å². The van der Waals surface area contributed by atoms with Crippen LogP contribution in [0.4, 0.5) is 4.39 Å². The molecule has 2 amide bonds. The summed E-state index contributed by atoms with van der Waals surface area (Å²) in [7, 11) is 0. The van der Waals surface area contributed by atoms with E-state index in [9.17, 15) is 14.0 Å². The minimum Gasteiger partial charge on any atom is -0.481 e. The summed E-state index contributed by atoms with van der Waals surface area (Å²) in [5, 5.41) is 2.87. The molecule has 0 fully saturated rings. The maximum absolute atomic E-state index is 13.8. The number of nitrogens with one attached hydrogen (secondary N) is 1. The molecule has 0 aliphatic heterocycles. The van der Waals surface area contributed by atoms with Crippen LogP contribution in [0, 0.1) is 12.7 Å². The molecule has 0 aliphatic carbocycles. The number of hydrogen-bond donors (Lipinski definition) is 1. The zero-order valence-corrected chi connectivity index (χ0v) is 17.3. The van der Waals surface area contributed by atoms with E-state index in [0.29, 0.717) is 6.54 Å². The van der Waals surface area contributed by atoms with Crippen molar-refractivity contribution >= 4 is 11.8 Å². The van der Waals surface area contributed by atoms with Gasteiger partial charge in [-0.05, 0) is 43.5 Å². The fraction of sp³-hybridized carbons (Fsp3) is 0.391. The van der Waals surface area contributed by atoms with Crippen molar-refractivity contribution < 1.29 is 18.7 Å². The lowest BCUT2D eigenvalue weighted by molar-refractivity contribution is -0.142. The maximum atomic E-state index is 13.8. The minimum absolute atomic E-state index is 0.0109. The van der Waals surface area contributed by atoms with Crippen LogP contribution in [0.2, 0.25) is 0 Å². The molecule has 6 heteroatoms. The van der Waals surface area contributed by atoms with Gasteiger partial charge < -0.3 is 15.0 Å². The molecule has 0 heterocycles. The summed E-state index contributed by atoms with van der Waals surface area (Å²) in [4.78, 5) is 27.0. The number of rotatable bonds is 10. The Morgan fingerprint density at radius 1 is 1.14 bits per heavy atom. The smallest absolute Gasteiger partial charge is 0.261 e. The second-order valence-corrected chi connectivity index (χ2v) is 6.99. The van der Waals surface area contributed by atoms with Crippen LogP contribution in [0.25, 0.3) is 0 Å². The number of aryl methyl sites for hydroxylation is 1. The van der Waals surface area contributed by atoms with Crippen molar-refractivity contribution in [2.45, 2.75) is 46.2 Å². The molecular weight excluding hydrogens is 371 g/mol. The lowest BCUT2D eigenvalue weighted by Gasteiger charge is -2.29. The Hall–Kier alpha value is -2.89. The average molecular weight is 400 g/mol. The molecule has 0 saturated heterocycles. The number of halogens is 1. The minimum atomic E-state index is -0.678. The van der Waals surface area contributed by atoms with Crippen LogP contribution >= 0.6 is 0 Å². The standard InChI is InChI=1S/C23H29FN2O3/c1-4-5-14-25-23(28)18(3)26(15-19-11-7-6-10-17(19)2)22(27)16-29-21-13-9-8-12-20(21)24/h6-13,18H,4-5,14-16H2,1-3H3,(H,25,28). The number of ether oxygens (including phenoxy) is 1. The van der Waals surface area contributed by atoms with Crippen molar-refractivity contribution in [2.24, 2.45) is 0 Å². The number of nitrogens with zero attached hydrogens (tertiary/aromatic N) is 1. The highest BCUT2D eigenvalue weighted by Crippen LogP contribution is 2.17. The molecule has 0 saturated carbocycles. The number of hydrogen-bond acceptors (Lipinski definition) is 3. The molecular formula is C23H29FN2O3. The number of amides is 2. The summed E-state index contributed by atoms with van der Waals surface area (Å²) in [6.45, 7) is 6.19. The highest BCUT2D eigenvalue weighted by molar-refractivity contribution is 5.88. The summed E-state index contributed by atoms with van der Waals surface area (Å²) in [6.07, 6.45) is 1.84. The summed E-state index contributed by atoms with van der Waals surface area (Å²) in [5.41, 5.74) is 1.97. The Labute approximate surface area is 171 Å². The molecule has 0 bridgehead atoms. The topological polar surface area (TPSA) is 58.6 Å². The molecule has 5 nitrogen and oxygen atoms in total. The van der Waals surface area contributed by atoms with E-state index in [2.05, 4.69) is 5.32 Å². The molecule has 0 aliphatic rings. The van der Waals surface area contributed by atoms with Crippen molar-refractivity contribution in [3.8, 4) is 5.75 Å². The van der Waals surface area contributed by atoms with Gasteiger partial charge in [0.1, 0.15) is 6.04 Å². The third-order valence-electron chi connectivity index (χ3n) is 4.79. The lowest BCUT2D eigenvalue weighted by atomic mass is 10.1. The average Bonchev–Trinajstić information content (AvgIpc) is 2.72. The normalized spacial score (nSPS) is 11.6. The molecule has 0 spiro atoms. The van der Waals surface area contributed by atoms with E-state index in [1.54, 1.807) is 19.1 Å². The van der Waals surface area contributed by atoms with Gasteiger partial charge >= 0.3 is 0 Å². The first-order chi connectivity index (χ1) is 13.9. The van der Waals surface area contributed by atoms with Crippen LogP contribution in [0.1, 0.15) is 37.8 Å². The fourth-order valence-electron chi connectivity index (χ4n) is 2.87. The monoisotopic (exact) mass is 400 g/mol. The molecule has 2 aromatic rings. The van der Waals surface area contributed by atoms with Gasteiger partial charge in [-0.15, -0.1) is 0 Å². The van der Waals surface area contributed by atoms with Crippen LogP contribution in [0.3, 0.4) is 0 Å². The van der Waals surface area contributed by atoms with Crippen molar-refractivity contribution in [3.05, 3.63) is 65.5 Å². The first-order valence-corrected chi connectivity index (χ1v) is 9.93. The highest BCUT2D eigenvalue weighted by Gasteiger charge is 2.26. The van der Waals surface area contributed by atoms with Gasteiger partial charge in [0.05, 0.1) is 0 Å². The SMILES string of the molecule is CCCCNC(=O)C(C)N(Cc1ccccc1C)C(=O)COc1ccccc1F. The van der Waals surface area contributed by atoms with Gasteiger partial charge in [0.15, 0.2) is 18.2 Å². The van der Waals surface area contributed by atoms with Gasteiger partial charge in [-0.2, -0.15) is 0 Å². The van der Waals surface area contributed by atoms with Gasteiger partial charge in [0.25, 0.3) is 5.91 Å². The van der Waals surface area contributed by atoms with Gasteiger partial charge in [0, 0.05) is 13.1 Å². The Balaban J connectivity index is 2.14. The molecule has 1 N–H and O–H groups in total. The van der Waals surface area contributed by atoms with Gasteiger partial charge in [-0.3, -0.25) is 9.59 Å². The molecule has 1 unspecified atom stereocenters. The molecule has 2 rings (SSSR count). The first-order valence-electron chi connectivity index (χ1n) is 9.93. The van der Waals surface area contributed by atoms with Crippen LogP contribution in [0.15, 0.2) is 48.5 Å². The summed E-state index contributed by atoms with van der Waals surface area (Å²) < 4.78 is 19.2. The molecule has 29 heavy (non-hydrogen) atoms. The Morgan fingerprint density at radius 2 is 1.83 bits per heavy atom.